The SMILES string of the molecule is Cc1ccc(C(=O)N2CCc3c(ccc(Cl)c3NC(=O)Cc3ccc(C(F)(F)F)c(F)c3)C2)cc1. The molecule has 4 rings (SSSR count). The molecule has 1 aliphatic heterocycles. The molecule has 0 saturated carbocycles. The third kappa shape index (κ3) is 5.48. The summed E-state index contributed by atoms with van der Waals surface area (Å²) in [4.78, 5) is 27.2. The number of carbonyl (C=O) groups excluding carboxylic acids is 2. The number of nitrogens with zero attached hydrogens (tertiary/aromatic N) is 1. The second-order valence-corrected chi connectivity index (χ2v) is 8.85. The Morgan fingerprint density at radius 3 is 2.43 bits per heavy atom. The number of nitrogens with one attached hydrogen (secondary N) is 1. The first-order valence-corrected chi connectivity index (χ1v) is 11.2. The molecule has 0 spiro atoms. The highest BCUT2D eigenvalue weighted by Gasteiger charge is 2.34. The summed E-state index contributed by atoms with van der Waals surface area (Å²) < 4.78 is 52.2. The maximum Gasteiger partial charge on any atom is 0.419 e. The summed E-state index contributed by atoms with van der Waals surface area (Å²) >= 11 is 6.33. The fourth-order valence-corrected chi connectivity index (χ4v) is 4.31. The maximum absolute atomic E-state index is 13.9. The van der Waals surface area contributed by atoms with Gasteiger partial charge in [-0.05, 0) is 60.4 Å². The van der Waals surface area contributed by atoms with Crippen molar-refractivity contribution in [2.45, 2.75) is 32.5 Å². The third-order valence-electron chi connectivity index (χ3n) is 5.91. The zero-order valence-electron chi connectivity index (χ0n) is 18.7. The van der Waals surface area contributed by atoms with Crippen molar-refractivity contribution in [2.24, 2.45) is 0 Å². The number of benzene rings is 3. The zero-order chi connectivity index (χ0) is 25.3. The number of hydrogen-bond acceptors (Lipinski definition) is 2. The van der Waals surface area contributed by atoms with E-state index in [2.05, 4.69) is 5.32 Å². The predicted octanol–water partition coefficient (Wildman–Crippen LogP) is 6.19. The van der Waals surface area contributed by atoms with E-state index in [1.165, 1.54) is 0 Å². The molecule has 9 heteroatoms. The molecule has 0 atom stereocenters. The second kappa shape index (κ2) is 9.70. The fourth-order valence-electron chi connectivity index (χ4n) is 4.08. The van der Waals surface area contributed by atoms with Gasteiger partial charge >= 0.3 is 6.18 Å². The van der Waals surface area contributed by atoms with E-state index in [0.717, 1.165) is 22.8 Å². The Morgan fingerprint density at radius 1 is 1.06 bits per heavy atom. The molecule has 1 aliphatic rings. The smallest absolute Gasteiger partial charge is 0.334 e. The van der Waals surface area contributed by atoms with Crippen molar-refractivity contribution < 1.29 is 27.2 Å². The van der Waals surface area contributed by atoms with Crippen LogP contribution in [0.4, 0.5) is 23.2 Å². The summed E-state index contributed by atoms with van der Waals surface area (Å²) in [7, 11) is 0. The Bertz CT molecular complexity index is 1290. The number of alkyl halides is 3. The molecule has 0 bridgehead atoms. The molecule has 182 valence electrons. The van der Waals surface area contributed by atoms with E-state index in [4.69, 9.17) is 11.6 Å². The van der Waals surface area contributed by atoms with Crippen molar-refractivity contribution in [3.8, 4) is 0 Å². The Labute approximate surface area is 204 Å². The molecular formula is C26H21ClF4N2O2. The number of hydrogen-bond donors (Lipinski definition) is 1. The van der Waals surface area contributed by atoms with Gasteiger partial charge in [-0.2, -0.15) is 13.2 Å². The van der Waals surface area contributed by atoms with Gasteiger partial charge in [0.1, 0.15) is 5.82 Å². The maximum atomic E-state index is 13.9. The quantitative estimate of drug-likeness (QED) is 0.431. The fraction of sp³-hybridized carbons (Fsp3) is 0.231. The van der Waals surface area contributed by atoms with Gasteiger partial charge < -0.3 is 10.2 Å². The largest absolute Gasteiger partial charge is 0.419 e. The molecule has 2 amide bonds. The van der Waals surface area contributed by atoms with Crippen LogP contribution in [0.25, 0.3) is 0 Å². The molecule has 0 aromatic heterocycles. The summed E-state index contributed by atoms with van der Waals surface area (Å²) in [6, 6.07) is 13.1. The highest BCUT2D eigenvalue weighted by molar-refractivity contribution is 6.34. The Balaban J connectivity index is 1.49. The van der Waals surface area contributed by atoms with Crippen molar-refractivity contribution in [3.05, 3.63) is 98.8 Å². The van der Waals surface area contributed by atoms with Gasteiger partial charge in [0, 0.05) is 18.7 Å². The minimum atomic E-state index is -4.81. The molecule has 0 saturated heterocycles. The number of carbonyl (C=O) groups is 2. The van der Waals surface area contributed by atoms with Crippen molar-refractivity contribution >= 4 is 29.1 Å². The van der Waals surface area contributed by atoms with Crippen LogP contribution in [0.5, 0.6) is 0 Å². The molecule has 3 aromatic carbocycles. The van der Waals surface area contributed by atoms with Gasteiger partial charge in [0.2, 0.25) is 5.91 Å². The van der Waals surface area contributed by atoms with Crippen LogP contribution in [0.2, 0.25) is 5.02 Å². The molecule has 0 radical (unpaired) electrons. The lowest BCUT2D eigenvalue weighted by Crippen LogP contribution is -2.36. The molecule has 4 nitrogen and oxygen atoms in total. The first-order chi connectivity index (χ1) is 16.5. The van der Waals surface area contributed by atoms with Crippen molar-refractivity contribution in [1.29, 1.82) is 0 Å². The number of halogens is 5. The first-order valence-electron chi connectivity index (χ1n) is 10.8. The average Bonchev–Trinajstić information content (AvgIpc) is 2.80. The number of fused-ring (bicyclic) bond motifs is 1. The lowest BCUT2D eigenvalue weighted by atomic mass is 9.96. The van der Waals surface area contributed by atoms with E-state index in [9.17, 15) is 27.2 Å². The van der Waals surface area contributed by atoms with Gasteiger partial charge in [-0.15, -0.1) is 0 Å². The van der Waals surface area contributed by atoms with E-state index in [1.807, 2.05) is 19.1 Å². The highest BCUT2D eigenvalue weighted by Crippen LogP contribution is 2.34. The predicted molar refractivity (Wildman–Crippen MR) is 125 cm³/mol. The second-order valence-electron chi connectivity index (χ2n) is 8.44. The standard InChI is InChI=1S/C26H21ClF4N2O2/c1-15-2-5-17(6-3-15)25(35)33-11-10-19-18(14-33)7-9-21(27)24(19)32-23(34)13-16-4-8-20(22(28)12-16)26(29,30)31/h2-9,12H,10-11,13-14H2,1H3,(H,32,34). The van der Waals surface area contributed by atoms with Crippen molar-refractivity contribution in [3.63, 3.8) is 0 Å². The number of amides is 2. The minimum Gasteiger partial charge on any atom is -0.334 e. The normalized spacial score (nSPS) is 13.4. The van der Waals surface area contributed by atoms with Crippen molar-refractivity contribution in [1.82, 2.24) is 4.90 Å². The highest BCUT2D eigenvalue weighted by atomic mass is 35.5. The molecule has 1 heterocycles. The molecule has 0 aliphatic carbocycles. The molecule has 3 aromatic rings. The van der Waals surface area contributed by atoms with Gasteiger partial charge in [-0.25, -0.2) is 4.39 Å². The summed E-state index contributed by atoms with van der Waals surface area (Å²) in [6.07, 6.45) is -4.68. The van der Waals surface area contributed by atoms with Crippen LogP contribution in [0.15, 0.2) is 54.6 Å². The Morgan fingerprint density at radius 2 is 1.77 bits per heavy atom. The summed E-state index contributed by atoms with van der Waals surface area (Å²) in [6.45, 7) is 2.71. The first kappa shape index (κ1) is 24.7. The number of anilines is 1. The van der Waals surface area contributed by atoms with E-state index in [0.29, 0.717) is 47.9 Å². The van der Waals surface area contributed by atoms with Crippen LogP contribution in [0.3, 0.4) is 0 Å². The topological polar surface area (TPSA) is 49.4 Å². The van der Waals surface area contributed by atoms with Crippen LogP contribution in [0.1, 0.15) is 38.2 Å². The third-order valence-corrected chi connectivity index (χ3v) is 6.22. The average molecular weight is 505 g/mol. The summed E-state index contributed by atoms with van der Waals surface area (Å²) in [5.74, 6) is -2.07. The van der Waals surface area contributed by atoms with Gasteiger partial charge in [0.15, 0.2) is 0 Å². The van der Waals surface area contributed by atoms with Crippen molar-refractivity contribution in [2.75, 3.05) is 11.9 Å². The van der Waals surface area contributed by atoms with E-state index < -0.39 is 23.5 Å². The van der Waals surface area contributed by atoms with E-state index in [-0.39, 0.29) is 17.9 Å². The van der Waals surface area contributed by atoms with E-state index in [1.54, 1.807) is 29.2 Å². The van der Waals surface area contributed by atoms with Crippen LogP contribution >= 0.6 is 11.6 Å². The molecule has 0 unspecified atom stereocenters. The Hall–Kier alpha value is -3.39. The zero-order valence-corrected chi connectivity index (χ0v) is 19.4. The summed E-state index contributed by atoms with van der Waals surface area (Å²) in [5.41, 5.74) is 2.37. The monoisotopic (exact) mass is 504 g/mol. The number of aryl methyl sites for hydroxylation is 1. The summed E-state index contributed by atoms with van der Waals surface area (Å²) in [5, 5.41) is 3.01. The lowest BCUT2D eigenvalue weighted by molar-refractivity contribution is -0.140. The molecular weight excluding hydrogens is 484 g/mol. The molecule has 1 N–H and O–H groups in total. The van der Waals surface area contributed by atoms with Crippen LogP contribution < -0.4 is 5.32 Å². The Kier molecular flexibility index (Phi) is 6.85. The molecule has 0 fully saturated rings. The van der Waals surface area contributed by atoms with Gasteiger partial charge in [-0.1, -0.05) is 41.4 Å². The number of rotatable bonds is 4. The van der Waals surface area contributed by atoms with Gasteiger partial charge in [0.05, 0.1) is 22.7 Å². The van der Waals surface area contributed by atoms with Gasteiger partial charge in [-0.3, -0.25) is 9.59 Å². The lowest BCUT2D eigenvalue weighted by Gasteiger charge is -2.30. The van der Waals surface area contributed by atoms with Crippen LogP contribution in [0, 0.1) is 12.7 Å². The minimum absolute atomic E-state index is 0.0967. The van der Waals surface area contributed by atoms with E-state index >= 15 is 0 Å². The van der Waals surface area contributed by atoms with Crippen LogP contribution in [-0.2, 0) is 30.4 Å². The van der Waals surface area contributed by atoms with Crippen LogP contribution in [-0.4, -0.2) is 23.3 Å². The molecule has 35 heavy (non-hydrogen) atoms. The van der Waals surface area contributed by atoms with Gasteiger partial charge in [0.25, 0.3) is 5.91 Å².